The third kappa shape index (κ3) is 2.34. The van der Waals surface area contributed by atoms with Gasteiger partial charge in [0.1, 0.15) is 6.10 Å². The lowest BCUT2D eigenvalue weighted by atomic mass is 10.0. The van der Waals surface area contributed by atoms with Crippen LogP contribution in [0.3, 0.4) is 0 Å². The third-order valence-corrected chi connectivity index (χ3v) is 2.63. The fourth-order valence-corrected chi connectivity index (χ4v) is 1.68. The second-order valence-corrected chi connectivity index (χ2v) is 3.86. The number of carbonyl (C=O) groups is 1. The topological polar surface area (TPSA) is 95.4 Å². The fraction of sp³-hybridized carbons (Fsp3) is 0.333. The molecule has 0 radical (unpaired) electrons. The summed E-state index contributed by atoms with van der Waals surface area (Å²) in [5.41, 5.74) is 1.15. The van der Waals surface area contributed by atoms with E-state index in [4.69, 9.17) is 0 Å². The number of benzene rings is 1. The molecule has 0 aliphatic rings. The number of aliphatic hydroxyl groups is 2. The summed E-state index contributed by atoms with van der Waals surface area (Å²) in [7, 11) is 0. The van der Waals surface area contributed by atoms with Crippen molar-refractivity contribution >= 4 is 16.9 Å². The molecule has 3 N–H and O–H groups in total. The van der Waals surface area contributed by atoms with Crippen LogP contribution < -0.4 is 0 Å². The van der Waals surface area contributed by atoms with Gasteiger partial charge in [0.15, 0.2) is 6.10 Å². The normalized spacial score (nSPS) is 14.4. The monoisotopic (exact) mass is 250 g/mol. The average molecular weight is 250 g/mol. The van der Waals surface area contributed by atoms with Crippen molar-refractivity contribution in [2.75, 3.05) is 6.61 Å². The van der Waals surface area contributed by atoms with Crippen molar-refractivity contribution in [1.29, 1.82) is 0 Å². The molecule has 0 aliphatic heterocycles. The number of aromatic amines is 1. The molecule has 6 nitrogen and oxygen atoms in total. The lowest BCUT2D eigenvalue weighted by molar-refractivity contribution is -0.159. The van der Waals surface area contributed by atoms with Gasteiger partial charge in [-0.3, -0.25) is 5.10 Å². The molecule has 18 heavy (non-hydrogen) atoms. The summed E-state index contributed by atoms with van der Waals surface area (Å²) in [6, 6.07) is 5.01. The van der Waals surface area contributed by atoms with Crippen LogP contribution in [-0.2, 0) is 9.53 Å². The van der Waals surface area contributed by atoms with Gasteiger partial charge in [-0.25, -0.2) is 4.79 Å². The number of ether oxygens (including phenoxy) is 1. The first-order chi connectivity index (χ1) is 8.63. The molecule has 1 aromatic carbocycles. The molecule has 0 spiro atoms. The van der Waals surface area contributed by atoms with E-state index in [1.807, 2.05) is 0 Å². The first kappa shape index (κ1) is 12.5. The summed E-state index contributed by atoms with van der Waals surface area (Å²) in [4.78, 5) is 11.3. The average Bonchev–Trinajstić information content (AvgIpc) is 2.84. The van der Waals surface area contributed by atoms with E-state index in [9.17, 15) is 15.0 Å². The maximum atomic E-state index is 11.3. The van der Waals surface area contributed by atoms with E-state index in [1.165, 1.54) is 0 Å². The highest BCUT2D eigenvalue weighted by Gasteiger charge is 2.27. The smallest absolute Gasteiger partial charge is 0.338 e. The van der Waals surface area contributed by atoms with Crippen LogP contribution >= 0.6 is 0 Å². The predicted molar refractivity (Wildman–Crippen MR) is 63.7 cm³/mol. The molecule has 2 atom stereocenters. The van der Waals surface area contributed by atoms with Crippen molar-refractivity contribution in [1.82, 2.24) is 10.2 Å². The van der Waals surface area contributed by atoms with Gasteiger partial charge >= 0.3 is 5.97 Å². The highest BCUT2D eigenvalue weighted by atomic mass is 16.5. The molecule has 0 amide bonds. The van der Waals surface area contributed by atoms with Gasteiger partial charge in [0, 0.05) is 5.39 Å². The van der Waals surface area contributed by atoms with E-state index in [1.54, 1.807) is 31.3 Å². The number of fused-ring (bicyclic) bond motifs is 1. The van der Waals surface area contributed by atoms with Crippen LogP contribution in [0.5, 0.6) is 0 Å². The van der Waals surface area contributed by atoms with Crippen LogP contribution in [-0.4, -0.2) is 39.1 Å². The van der Waals surface area contributed by atoms with Crippen LogP contribution in [0.4, 0.5) is 0 Å². The molecule has 0 aliphatic carbocycles. The molecule has 0 bridgehead atoms. The van der Waals surface area contributed by atoms with Crippen molar-refractivity contribution < 1.29 is 19.7 Å². The molecule has 1 aromatic heterocycles. The number of esters is 1. The van der Waals surface area contributed by atoms with E-state index >= 15 is 0 Å². The van der Waals surface area contributed by atoms with Crippen LogP contribution in [0.15, 0.2) is 24.4 Å². The Morgan fingerprint density at radius 2 is 2.28 bits per heavy atom. The Labute approximate surface area is 103 Å². The zero-order valence-electron chi connectivity index (χ0n) is 9.83. The van der Waals surface area contributed by atoms with Gasteiger partial charge in [0.2, 0.25) is 0 Å². The Bertz CT molecular complexity index is 552. The Morgan fingerprint density at radius 1 is 1.50 bits per heavy atom. The summed E-state index contributed by atoms with van der Waals surface area (Å²) in [6.45, 7) is 1.79. The molecule has 2 aromatic rings. The molecule has 0 saturated heterocycles. The number of nitrogens with one attached hydrogen (secondary N) is 1. The van der Waals surface area contributed by atoms with E-state index in [2.05, 4.69) is 14.9 Å². The highest BCUT2D eigenvalue weighted by Crippen LogP contribution is 2.21. The Kier molecular flexibility index (Phi) is 3.59. The second-order valence-electron chi connectivity index (χ2n) is 3.86. The molecule has 2 rings (SSSR count). The summed E-state index contributed by atoms with van der Waals surface area (Å²) in [5, 5.41) is 27.0. The largest absolute Gasteiger partial charge is 0.464 e. The van der Waals surface area contributed by atoms with Crippen molar-refractivity contribution in [2.45, 2.75) is 19.1 Å². The molecule has 96 valence electrons. The van der Waals surface area contributed by atoms with E-state index in [0.29, 0.717) is 5.56 Å². The maximum Gasteiger partial charge on any atom is 0.338 e. The van der Waals surface area contributed by atoms with Crippen molar-refractivity contribution in [3.8, 4) is 0 Å². The van der Waals surface area contributed by atoms with Crippen LogP contribution in [0.1, 0.15) is 18.6 Å². The van der Waals surface area contributed by atoms with Crippen LogP contribution in [0.2, 0.25) is 0 Å². The van der Waals surface area contributed by atoms with E-state index in [-0.39, 0.29) is 6.61 Å². The minimum Gasteiger partial charge on any atom is -0.464 e. The fourth-order valence-electron chi connectivity index (χ4n) is 1.68. The number of aromatic nitrogens is 2. The third-order valence-electron chi connectivity index (χ3n) is 2.63. The van der Waals surface area contributed by atoms with Gasteiger partial charge in [0.05, 0.1) is 18.3 Å². The van der Waals surface area contributed by atoms with Crippen molar-refractivity contribution in [3.63, 3.8) is 0 Å². The van der Waals surface area contributed by atoms with Gasteiger partial charge in [-0.05, 0) is 18.6 Å². The van der Waals surface area contributed by atoms with Crippen LogP contribution in [0, 0.1) is 0 Å². The number of H-pyrrole nitrogens is 1. The quantitative estimate of drug-likeness (QED) is 0.687. The first-order valence-corrected chi connectivity index (χ1v) is 5.59. The molecule has 2 unspecified atom stereocenters. The second kappa shape index (κ2) is 5.16. The summed E-state index contributed by atoms with van der Waals surface area (Å²) in [5.74, 6) is -0.838. The number of nitrogens with zero attached hydrogens (tertiary/aromatic N) is 1. The zero-order valence-corrected chi connectivity index (χ0v) is 9.83. The lowest BCUT2D eigenvalue weighted by Gasteiger charge is -2.16. The van der Waals surface area contributed by atoms with Crippen molar-refractivity contribution in [2.24, 2.45) is 0 Å². The Morgan fingerprint density at radius 3 is 3.00 bits per heavy atom. The molecule has 1 heterocycles. The number of rotatable bonds is 4. The van der Waals surface area contributed by atoms with Gasteiger partial charge in [-0.1, -0.05) is 12.1 Å². The van der Waals surface area contributed by atoms with Gasteiger partial charge < -0.3 is 14.9 Å². The molecule has 0 fully saturated rings. The Hall–Kier alpha value is -1.92. The van der Waals surface area contributed by atoms with Crippen molar-refractivity contribution in [3.05, 3.63) is 30.0 Å². The highest BCUT2D eigenvalue weighted by molar-refractivity contribution is 5.79. The van der Waals surface area contributed by atoms with Gasteiger partial charge in [0.25, 0.3) is 0 Å². The van der Waals surface area contributed by atoms with E-state index < -0.39 is 18.2 Å². The summed E-state index contributed by atoms with van der Waals surface area (Å²) >= 11 is 0. The van der Waals surface area contributed by atoms with E-state index in [0.717, 1.165) is 10.9 Å². The van der Waals surface area contributed by atoms with Gasteiger partial charge in [-0.2, -0.15) is 5.10 Å². The number of aliphatic hydroxyl groups excluding tert-OH is 2. The minimum atomic E-state index is -1.59. The molecular formula is C12H14N2O4. The number of hydrogen-bond acceptors (Lipinski definition) is 5. The predicted octanol–water partition coefficient (Wildman–Crippen LogP) is 0.520. The molecular weight excluding hydrogens is 236 g/mol. The summed E-state index contributed by atoms with van der Waals surface area (Å²) < 4.78 is 4.65. The summed E-state index contributed by atoms with van der Waals surface area (Å²) in [6.07, 6.45) is -1.27. The Balaban J connectivity index is 2.21. The number of carbonyl (C=O) groups excluding carboxylic acids is 1. The lowest BCUT2D eigenvalue weighted by Crippen LogP contribution is -2.29. The minimum absolute atomic E-state index is 0.155. The molecule has 6 heteroatoms. The first-order valence-electron chi connectivity index (χ1n) is 5.59. The standard InChI is InChI=1S/C12H14N2O4/c1-2-18-12(17)11(16)10(15)7-3-4-8-6-13-14-9(8)5-7/h3-6,10-11,15-16H,2H2,1H3,(H,13,14). The SMILES string of the molecule is CCOC(=O)C(O)C(O)c1ccc2cn[nH]c2c1. The van der Waals surface area contributed by atoms with Gasteiger partial charge in [-0.15, -0.1) is 0 Å². The molecule has 0 saturated carbocycles. The zero-order chi connectivity index (χ0) is 13.1. The van der Waals surface area contributed by atoms with Crippen LogP contribution in [0.25, 0.3) is 10.9 Å². The number of hydrogen-bond donors (Lipinski definition) is 3. The maximum absolute atomic E-state index is 11.3.